The summed E-state index contributed by atoms with van der Waals surface area (Å²) < 4.78 is 5.38. The van der Waals surface area contributed by atoms with E-state index in [-0.39, 0.29) is 6.10 Å². The maximum absolute atomic E-state index is 10.6. The predicted octanol–water partition coefficient (Wildman–Crippen LogP) is 2.58. The summed E-state index contributed by atoms with van der Waals surface area (Å²) in [6.07, 6.45) is 5.23. The minimum atomic E-state index is -0.137. The van der Waals surface area contributed by atoms with E-state index in [9.17, 15) is 5.11 Å². The second-order valence-corrected chi connectivity index (χ2v) is 5.71. The fraction of sp³-hybridized carbons (Fsp3) is 0.625. The normalized spacial score (nSPS) is 26.6. The van der Waals surface area contributed by atoms with Gasteiger partial charge in [0.2, 0.25) is 0 Å². The van der Waals surface area contributed by atoms with Crippen LogP contribution in [0, 0.1) is 11.8 Å². The van der Waals surface area contributed by atoms with Gasteiger partial charge in [0.1, 0.15) is 0 Å². The van der Waals surface area contributed by atoms with Crippen molar-refractivity contribution in [3.8, 4) is 0 Å². The first-order chi connectivity index (χ1) is 8.84. The number of fused-ring (bicyclic) bond motifs is 1. The van der Waals surface area contributed by atoms with E-state index >= 15 is 0 Å². The lowest BCUT2D eigenvalue weighted by atomic mass is 9.76. The number of hydrogen-bond acceptors (Lipinski definition) is 2. The van der Waals surface area contributed by atoms with E-state index in [0.717, 1.165) is 45.3 Å². The van der Waals surface area contributed by atoms with Gasteiger partial charge < -0.3 is 9.84 Å². The van der Waals surface area contributed by atoms with Gasteiger partial charge in [-0.2, -0.15) is 0 Å². The molecule has 2 nitrogen and oxygen atoms in total. The molecule has 0 saturated carbocycles. The standard InChI is InChI=1S/C16H22O2/c17-16(13-7-9-18-10-8-13)15-6-5-12-3-1-2-4-14(12)11-15/h1-4,13,15-17H,5-11H2. The first kappa shape index (κ1) is 12.2. The summed E-state index contributed by atoms with van der Waals surface area (Å²) in [6.45, 7) is 1.65. The summed E-state index contributed by atoms with van der Waals surface area (Å²) in [4.78, 5) is 0. The van der Waals surface area contributed by atoms with Gasteiger partial charge in [0.05, 0.1) is 6.10 Å². The molecule has 1 aromatic carbocycles. The number of benzene rings is 1. The van der Waals surface area contributed by atoms with Crippen LogP contribution < -0.4 is 0 Å². The van der Waals surface area contributed by atoms with E-state index in [0.29, 0.717) is 11.8 Å². The lowest BCUT2D eigenvalue weighted by Crippen LogP contribution is -2.36. The number of aliphatic hydroxyl groups excluding tert-OH is 1. The Hall–Kier alpha value is -0.860. The molecule has 0 spiro atoms. The molecule has 3 rings (SSSR count). The molecule has 1 saturated heterocycles. The van der Waals surface area contributed by atoms with Gasteiger partial charge >= 0.3 is 0 Å². The van der Waals surface area contributed by atoms with Gasteiger partial charge in [0.25, 0.3) is 0 Å². The van der Waals surface area contributed by atoms with E-state index in [4.69, 9.17) is 4.74 Å². The Morgan fingerprint density at radius 3 is 2.50 bits per heavy atom. The maximum Gasteiger partial charge on any atom is 0.0601 e. The van der Waals surface area contributed by atoms with Gasteiger partial charge in [-0.05, 0) is 55.1 Å². The van der Waals surface area contributed by atoms with Crippen LogP contribution in [0.2, 0.25) is 0 Å². The highest BCUT2D eigenvalue weighted by Gasteiger charge is 2.31. The third-order valence-corrected chi connectivity index (χ3v) is 4.62. The van der Waals surface area contributed by atoms with E-state index in [1.165, 1.54) is 11.1 Å². The molecule has 1 heterocycles. The molecule has 1 aromatic rings. The summed E-state index contributed by atoms with van der Waals surface area (Å²) in [5.74, 6) is 0.900. The van der Waals surface area contributed by atoms with Crippen LogP contribution in [0.3, 0.4) is 0 Å². The molecule has 1 fully saturated rings. The average Bonchev–Trinajstić information content (AvgIpc) is 2.47. The third kappa shape index (κ3) is 2.45. The van der Waals surface area contributed by atoms with E-state index < -0.39 is 0 Å². The van der Waals surface area contributed by atoms with Crippen LogP contribution >= 0.6 is 0 Å². The first-order valence-corrected chi connectivity index (χ1v) is 7.17. The summed E-state index contributed by atoms with van der Waals surface area (Å²) in [6, 6.07) is 8.68. The van der Waals surface area contributed by atoms with Crippen molar-refractivity contribution in [2.75, 3.05) is 13.2 Å². The van der Waals surface area contributed by atoms with Crippen LogP contribution in [0.1, 0.15) is 30.4 Å². The minimum absolute atomic E-state index is 0.137. The Bertz CT molecular complexity index is 396. The molecule has 0 radical (unpaired) electrons. The molecule has 1 aliphatic heterocycles. The molecule has 18 heavy (non-hydrogen) atoms. The quantitative estimate of drug-likeness (QED) is 0.869. The van der Waals surface area contributed by atoms with Crippen molar-refractivity contribution in [1.82, 2.24) is 0 Å². The van der Waals surface area contributed by atoms with Crippen molar-refractivity contribution in [2.24, 2.45) is 11.8 Å². The molecule has 2 atom stereocenters. The Labute approximate surface area is 109 Å². The maximum atomic E-state index is 10.6. The highest BCUT2D eigenvalue weighted by Crippen LogP contribution is 2.32. The van der Waals surface area contributed by atoms with Crippen molar-refractivity contribution in [3.05, 3.63) is 35.4 Å². The number of ether oxygens (including phenoxy) is 1. The van der Waals surface area contributed by atoms with Gasteiger partial charge in [0, 0.05) is 13.2 Å². The van der Waals surface area contributed by atoms with Crippen molar-refractivity contribution < 1.29 is 9.84 Å². The minimum Gasteiger partial charge on any atom is -0.393 e. The number of hydrogen-bond donors (Lipinski definition) is 1. The first-order valence-electron chi connectivity index (χ1n) is 7.17. The Morgan fingerprint density at radius 2 is 1.72 bits per heavy atom. The van der Waals surface area contributed by atoms with Gasteiger partial charge in [0.15, 0.2) is 0 Å². The van der Waals surface area contributed by atoms with E-state index in [1.54, 1.807) is 0 Å². The average molecular weight is 246 g/mol. The van der Waals surface area contributed by atoms with Crippen molar-refractivity contribution >= 4 is 0 Å². The molecular weight excluding hydrogens is 224 g/mol. The fourth-order valence-corrected chi connectivity index (χ4v) is 3.46. The largest absolute Gasteiger partial charge is 0.393 e. The van der Waals surface area contributed by atoms with Crippen molar-refractivity contribution in [2.45, 2.75) is 38.2 Å². The summed E-state index contributed by atoms with van der Waals surface area (Å²) >= 11 is 0. The zero-order valence-corrected chi connectivity index (χ0v) is 10.8. The van der Waals surface area contributed by atoms with Crippen LogP contribution in [-0.2, 0) is 17.6 Å². The van der Waals surface area contributed by atoms with Crippen molar-refractivity contribution in [3.63, 3.8) is 0 Å². The molecule has 1 aliphatic carbocycles. The Balaban J connectivity index is 1.67. The summed E-state index contributed by atoms with van der Waals surface area (Å²) in [5, 5.41) is 10.6. The SMILES string of the molecule is OC(C1CCOCC1)C1CCc2ccccc2C1. The third-order valence-electron chi connectivity index (χ3n) is 4.62. The lowest BCUT2D eigenvalue weighted by Gasteiger charge is -2.35. The Morgan fingerprint density at radius 1 is 1.00 bits per heavy atom. The lowest BCUT2D eigenvalue weighted by molar-refractivity contribution is -0.0201. The van der Waals surface area contributed by atoms with Crippen LogP contribution in [-0.4, -0.2) is 24.4 Å². The molecule has 0 bridgehead atoms. The fourth-order valence-electron chi connectivity index (χ4n) is 3.46. The van der Waals surface area contributed by atoms with Crippen LogP contribution in [0.5, 0.6) is 0 Å². The van der Waals surface area contributed by atoms with Crippen molar-refractivity contribution in [1.29, 1.82) is 0 Å². The molecule has 2 heteroatoms. The van der Waals surface area contributed by atoms with Crippen LogP contribution in [0.25, 0.3) is 0 Å². The molecule has 2 unspecified atom stereocenters. The van der Waals surface area contributed by atoms with Crippen LogP contribution in [0.15, 0.2) is 24.3 Å². The highest BCUT2D eigenvalue weighted by atomic mass is 16.5. The monoisotopic (exact) mass is 246 g/mol. The number of aliphatic hydroxyl groups is 1. The highest BCUT2D eigenvalue weighted by molar-refractivity contribution is 5.29. The van der Waals surface area contributed by atoms with Gasteiger partial charge in [-0.15, -0.1) is 0 Å². The summed E-state index contributed by atoms with van der Waals surface area (Å²) in [5.41, 5.74) is 2.92. The van der Waals surface area contributed by atoms with Gasteiger partial charge in [-0.3, -0.25) is 0 Å². The molecule has 1 N–H and O–H groups in total. The molecule has 0 aromatic heterocycles. The van der Waals surface area contributed by atoms with E-state index in [2.05, 4.69) is 24.3 Å². The topological polar surface area (TPSA) is 29.5 Å². The zero-order chi connectivity index (χ0) is 12.4. The molecule has 2 aliphatic rings. The molecular formula is C16H22O2. The van der Waals surface area contributed by atoms with Gasteiger partial charge in [-0.25, -0.2) is 0 Å². The molecule has 0 amide bonds. The smallest absolute Gasteiger partial charge is 0.0601 e. The van der Waals surface area contributed by atoms with E-state index in [1.807, 2.05) is 0 Å². The molecule has 98 valence electrons. The second-order valence-electron chi connectivity index (χ2n) is 5.71. The van der Waals surface area contributed by atoms with Crippen LogP contribution in [0.4, 0.5) is 0 Å². The van der Waals surface area contributed by atoms with Gasteiger partial charge in [-0.1, -0.05) is 24.3 Å². The number of rotatable bonds is 2. The summed E-state index contributed by atoms with van der Waals surface area (Å²) in [7, 11) is 0. The predicted molar refractivity (Wildman–Crippen MR) is 71.5 cm³/mol. The Kier molecular flexibility index (Phi) is 3.67. The second kappa shape index (κ2) is 5.41. The zero-order valence-electron chi connectivity index (χ0n) is 10.8. The number of aryl methyl sites for hydroxylation is 1.